The van der Waals surface area contributed by atoms with Gasteiger partial charge in [0.1, 0.15) is 0 Å². The molecule has 1 unspecified atom stereocenters. The maximum Gasteiger partial charge on any atom is 0.0366 e. The molecule has 1 heterocycles. The molecule has 1 fully saturated rings. The molecule has 88 valence electrons. The van der Waals surface area contributed by atoms with E-state index in [0.29, 0.717) is 6.04 Å². The first-order valence-electron chi connectivity index (χ1n) is 5.77. The molecule has 3 heteroatoms. The van der Waals surface area contributed by atoms with Gasteiger partial charge in [0.15, 0.2) is 0 Å². The summed E-state index contributed by atoms with van der Waals surface area (Å²) >= 11 is 3.47. The van der Waals surface area contributed by atoms with Crippen LogP contribution < -0.4 is 4.90 Å². The van der Waals surface area contributed by atoms with Crippen LogP contribution in [0.3, 0.4) is 0 Å². The molecule has 0 radical (unpaired) electrons. The van der Waals surface area contributed by atoms with E-state index in [0.717, 1.165) is 11.9 Å². The Kier molecular flexibility index (Phi) is 3.87. The molecular weight excluding hydrogens is 264 g/mol. The maximum absolute atomic E-state index is 3.47. The highest BCUT2D eigenvalue weighted by molar-refractivity contribution is 9.08. The average molecular weight is 283 g/mol. The van der Waals surface area contributed by atoms with E-state index >= 15 is 0 Å². The van der Waals surface area contributed by atoms with Crippen molar-refractivity contribution in [2.24, 2.45) is 0 Å². The van der Waals surface area contributed by atoms with Crippen LogP contribution in [-0.4, -0.2) is 38.1 Å². The Bertz CT molecular complexity index is 334. The van der Waals surface area contributed by atoms with Crippen LogP contribution in [0.25, 0.3) is 0 Å². The number of hydrogen-bond donors (Lipinski definition) is 0. The van der Waals surface area contributed by atoms with E-state index in [1.54, 1.807) is 0 Å². The van der Waals surface area contributed by atoms with Crippen LogP contribution in [0.1, 0.15) is 12.0 Å². The molecule has 0 aliphatic carbocycles. The monoisotopic (exact) mass is 282 g/mol. The number of nitrogens with zero attached hydrogens (tertiary/aromatic N) is 2. The lowest BCUT2D eigenvalue weighted by molar-refractivity contribution is 0.315. The van der Waals surface area contributed by atoms with Crippen LogP contribution in [0.15, 0.2) is 24.3 Å². The van der Waals surface area contributed by atoms with Crippen molar-refractivity contribution in [2.45, 2.75) is 17.8 Å². The zero-order valence-corrected chi connectivity index (χ0v) is 11.6. The number of alkyl halides is 1. The van der Waals surface area contributed by atoms with Gasteiger partial charge in [-0.2, -0.15) is 0 Å². The smallest absolute Gasteiger partial charge is 0.0366 e. The number of anilines is 1. The van der Waals surface area contributed by atoms with Crippen molar-refractivity contribution in [3.63, 3.8) is 0 Å². The summed E-state index contributed by atoms with van der Waals surface area (Å²) in [6.07, 6.45) is 1.27. The number of halogens is 1. The second-order valence-corrected chi connectivity index (χ2v) is 5.21. The average Bonchev–Trinajstić information content (AvgIpc) is 2.78. The van der Waals surface area contributed by atoms with E-state index in [9.17, 15) is 0 Å². The van der Waals surface area contributed by atoms with E-state index in [4.69, 9.17) is 0 Å². The lowest BCUT2D eigenvalue weighted by Crippen LogP contribution is -2.31. The molecule has 2 nitrogen and oxygen atoms in total. The van der Waals surface area contributed by atoms with Gasteiger partial charge in [0.2, 0.25) is 0 Å². The fourth-order valence-electron chi connectivity index (χ4n) is 2.19. The summed E-state index contributed by atoms with van der Waals surface area (Å²) in [7, 11) is 4.34. The van der Waals surface area contributed by atoms with E-state index < -0.39 is 0 Å². The predicted octanol–water partition coefficient (Wildman–Crippen LogP) is 2.72. The zero-order chi connectivity index (χ0) is 11.5. The first kappa shape index (κ1) is 11.9. The fourth-order valence-corrected chi connectivity index (χ4v) is 2.57. The molecule has 0 aromatic heterocycles. The lowest BCUT2D eigenvalue weighted by Gasteiger charge is -2.21. The van der Waals surface area contributed by atoms with Gasteiger partial charge in [-0.3, -0.25) is 0 Å². The molecule has 1 aliphatic heterocycles. The van der Waals surface area contributed by atoms with Crippen molar-refractivity contribution in [1.29, 1.82) is 0 Å². The topological polar surface area (TPSA) is 6.48 Å². The minimum Gasteiger partial charge on any atom is -0.370 e. The van der Waals surface area contributed by atoms with Crippen LogP contribution in [0.4, 0.5) is 5.69 Å². The maximum atomic E-state index is 3.47. The predicted molar refractivity (Wildman–Crippen MR) is 73.4 cm³/mol. The number of benzene rings is 1. The van der Waals surface area contributed by atoms with Gasteiger partial charge in [-0.15, -0.1) is 0 Å². The second kappa shape index (κ2) is 5.19. The van der Waals surface area contributed by atoms with Gasteiger partial charge in [-0.05, 0) is 38.2 Å². The van der Waals surface area contributed by atoms with Gasteiger partial charge >= 0.3 is 0 Å². The lowest BCUT2D eigenvalue weighted by atomic mass is 10.2. The van der Waals surface area contributed by atoms with Crippen molar-refractivity contribution in [1.82, 2.24) is 4.90 Å². The molecule has 0 amide bonds. The summed E-state index contributed by atoms with van der Waals surface area (Å²) in [4.78, 5) is 4.80. The Balaban J connectivity index is 2.03. The van der Waals surface area contributed by atoms with E-state index in [1.165, 1.54) is 24.2 Å². The van der Waals surface area contributed by atoms with Crippen LogP contribution in [-0.2, 0) is 5.33 Å². The van der Waals surface area contributed by atoms with Crippen molar-refractivity contribution < 1.29 is 0 Å². The number of hydrogen-bond acceptors (Lipinski definition) is 2. The van der Waals surface area contributed by atoms with Gasteiger partial charge in [-0.1, -0.05) is 28.1 Å². The van der Waals surface area contributed by atoms with Gasteiger partial charge in [0.25, 0.3) is 0 Å². The Morgan fingerprint density at radius 3 is 2.50 bits per heavy atom. The molecule has 0 N–H and O–H groups in total. The van der Waals surface area contributed by atoms with Crippen LogP contribution in [0.2, 0.25) is 0 Å². The normalized spacial score (nSPS) is 20.8. The first-order chi connectivity index (χ1) is 7.70. The summed E-state index contributed by atoms with van der Waals surface area (Å²) in [5, 5.41) is 0.938. The molecule has 1 atom stereocenters. The van der Waals surface area contributed by atoms with Crippen LogP contribution in [0.5, 0.6) is 0 Å². The molecule has 1 aliphatic rings. The summed E-state index contributed by atoms with van der Waals surface area (Å²) in [6, 6.07) is 9.57. The Morgan fingerprint density at radius 1 is 1.31 bits per heavy atom. The molecule has 0 bridgehead atoms. The molecule has 0 saturated carbocycles. The largest absolute Gasteiger partial charge is 0.370 e. The highest BCUT2D eigenvalue weighted by atomic mass is 79.9. The van der Waals surface area contributed by atoms with Crippen LogP contribution >= 0.6 is 15.9 Å². The second-order valence-electron chi connectivity index (χ2n) is 4.65. The van der Waals surface area contributed by atoms with Crippen LogP contribution in [0, 0.1) is 0 Å². The summed E-state index contributed by atoms with van der Waals surface area (Å²) < 4.78 is 0. The summed E-state index contributed by atoms with van der Waals surface area (Å²) in [6.45, 7) is 2.33. The van der Waals surface area contributed by atoms with Gasteiger partial charge in [0.05, 0.1) is 0 Å². The molecular formula is C13H19BrN2. The van der Waals surface area contributed by atoms with E-state index in [2.05, 4.69) is 64.1 Å². The fraction of sp³-hybridized carbons (Fsp3) is 0.538. The zero-order valence-electron chi connectivity index (χ0n) is 9.99. The van der Waals surface area contributed by atoms with Gasteiger partial charge < -0.3 is 9.80 Å². The Hall–Kier alpha value is -0.540. The standard InChI is InChI=1S/C13H19BrN2/c1-15(2)13-7-8-16(10-13)12-5-3-11(9-14)4-6-12/h3-6,13H,7-10H2,1-2H3. The molecule has 16 heavy (non-hydrogen) atoms. The highest BCUT2D eigenvalue weighted by Crippen LogP contribution is 2.22. The van der Waals surface area contributed by atoms with Gasteiger partial charge in [0, 0.05) is 30.1 Å². The van der Waals surface area contributed by atoms with Crippen molar-refractivity contribution in [2.75, 3.05) is 32.1 Å². The highest BCUT2D eigenvalue weighted by Gasteiger charge is 2.23. The molecule has 1 aromatic carbocycles. The SMILES string of the molecule is CN(C)C1CCN(c2ccc(CBr)cc2)C1. The third-order valence-electron chi connectivity index (χ3n) is 3.35. The summed E-state index contributed by atoms with van der Waals surface area (Å²) in [5.41, 5.74) is 2.70. The third-order valence-corrected chi connectivity index (χ3v) is 4.00. The first-order valence-corrected chi connectivity index (χ1v) is 6.89. The molecule has 1 saturated heterocycles. The molecule has 0 spiro atoms. The van der Waals surface area contributed by atoms with E-state index in [-0.39, 0.29) is 0 Å². The van der Waals surface area contributed by atoms with Crippen molar-refractivity contribution >= 4 is 21.6 Å². The van der Waals surface area contributed by atoms with Gasteiger partial charge in [-0.25, -0.2) is 0 Å². The van der Waals surface area contributed by atoms with Crippen molar-refractivity contribution in [3.05, 3.63) is 29.8 Å². The third kappa shape index (κ3) is 2.58. The quantitative estimate of drug-likeness (QED) is 0.787. The Morgan fingerprint density at radius 2 is 2.00 bits per heavy atom. The minimum atomic E-state index is 0.704. The summed E-state index contributed by atoms with van der Waals surface area (Å²) in [5.74, 6) is 0. The minimum absolute atomic E-state index is 0.704. The number of likely N-dealkylation sites (N-methyl/N-ethyl adjacent to an activating group) is 1. The van der Waals surface area contributed by atoms with Crippen molar-refractivity contribution in [3.8, 4) is 0 Å². The Labute approximate surface area is 106 Å². The van der Waals surface area contributed by atoms with E-state index in [1.807, 2.05) is 0 Å². The molecule has 1 aromatic rings. The number of rotatable bonds is 3. The molecule has 2 rings (SSSR count).